The maximum absolute atomic E-state index is 12.9. The van der Waals surface area contributed by atoms with Gasteiger partial charge in [0, 0.05) is 42.9 Å². The number of carbonyl (C=O) groups excluding carboxylic acids is 2. The molecule has 9 nitrogen and oxygen atoms in total. The zero-order valence-electron chi connectivity index (χ0n) is 17.0. The molecule has 0 aliphatic carbocycles. The number of hydrogen-bond donors (Lipinski definition) is 3. The lowest BCUT2D eigenvalue weighted by atomic mass is 9.77. The van der Waals surface area contributed by atoms with E-state index in [0.717, 1.165) is 31.9 Å². The molecule has 1 aromatic rings. The molecule has 0 radical (unpaired) electrons. The van der Waals surface area contributed by atoms with Crippen LogP contribution in [-0.2, 0) is 14.8 Å². The standard InChI is InChI=1S/C20H28N4O5S/c1-30(27,28)23-15-5-2-4-14(12-15)19(25)24-9-7-13(8-10-24)17-16-6-3-11-29-18(16)22-20(26)21-17/h2,4-5,12-13,16-18,23H,3,6-11H2,1H3,(H2,21,22,26)/t16-,17-,18-/m0/s1. The van der Waals surface area contributed by atoms with Gasteiger partial charge in [-0.2, -0.15) is 0 Å². The van der Waals surface area contributed by atoms with Crippen LogP contribution in [0.3, 0.4) is 0 Å². The topological polar surface area (TPSA) is 117 Å². The van der Waals surface area contributed by atoms with Gasteiger partial charge in [-0.05, 0) is 49.8 Å². The zero-order valence-corrected chi connectivity index (χ0v) is 17.8. The Morgan fingerprint density at radius 3 is 2.70 bits per heavy atom. The summed E-state index contributed by atoms with van der Waals surface area (Å²) in [5.74, 6) is 0.439. The predicted molar refractivity (Wildman–Crippen MR) is 111 cm³/mol. The zero-order chi connectivity index (χ0) is 21.3. The number of carbonyl (C=O) groups is 2. The summed E-state index contributed by atoms with van der Waals surface area (Å²) < 4.78 is 31.0. The highest BCUT2D eigenvalue weighted by molar-refractivity contribution is 7.92. The minimum atomic E-state index is -3.40. The van der Waals surface area contributed by atoms with Crippen molar-refractivity contribution in [3.63, 3.8) is 0 Å². The Labute approximate surface area is 176 Å². The smallest absolute Gasteiger partial charge is 0.317 e. The van der Waals surface area contributed by atoms with Crippen molar-refractivity contribution in [3.8, 4) is 0 Å². The van der Waals surface area contributed by atoms with E-state index in [4.69, 9.17) is 4.74 Å². The molecule has 3 aliphatic rings. The van der Waals surface area contributed by atoms with E-state index in [2.05, 4.69) is 15.4 Å². The van der Waals surface area contributed by atoms with Crippen molar-refractivity contribution in [3.05, 3.63) is 29.8 Å². The van der Waals surface area contributed by atoms with Crippen LogP contribution in [0.2, 0.25) is 0 Å². The molecule has 10 heteroatoms. The van der Waals surface area contributed by atoms with Crippen molar-refractivity contribution >= 4 is 27.6 Å². The molecule has 3 saturated heterocycles. The van der Waals surface area contributed by atoms with Gasteiger partial charge in [0.15, 0.2) is 0 Å². The molecule has 0 spiro atoms. The van der Waals surface area contributed by atoms with Gasteiger partial charge in [-0.25, -0.2) is 13.2 Å². The average Bonchev–Trinajstić information content (AvgIpc) is 2.71. The van der Waals surface area contributed by atoms with Gasteiger partial charge < -0.3 is 20.3 Å². The highest BCUT2D eigenvalue weighted by atomic mass is 32.2. The first-order valence-corrected chi connectivity index (χ1v) is 12.2. The maximum atomic E-state index is 12.9. The van der Waals surface area contributed by atoms with Gasteiger partial charge in [0.1, 0.15) is 6.23 Å². The third kappa shape index (κ3) is 4.70. The molecule has 3 N–H and O–H groups in total. The van der Waals surface area contributed by atoms with E-state index in [1.54, 1.807) is 29.2 Å². The first-order valence-electron chi connectivity index (χ1n) is 10.4. The molecular weight excluding hydrogens is 408 g/mol. The van der Waals surface area contributed by atoms with E-state index in [1.807, 2.05) is 0 Å². The number of fused-ring (bicyclic) bond motifs is 1. The second-order valence-electron chi connectivity index (χ2n) is 8.33. The summed E-state index contributed by atoms with van der Waals surface area (Å²) in [6.07, 6.45) is 4.48. The number of likely N-dealkylation sites (tertiary alicyclic amines) is 1. The molecule has 164 valence electrons. The van der Waals surface area contributed by atoms with Crippen LogP contribution in [-0.4, -0.2) is 63.5 Å². The van der Waals surface area contributed by atoms with Gasteiger partial charge in [-0.3, -0.25) is 9.52 Å². The number of ether oxygens (including phenoxy) is 1. The Balaban J connectivity index is 1.39. The molecule has 4 rings (SSSR count). The molecule has 0 unspecified atom stereocenters. The third-order valence-electron chi connectivity index (χ3n) is 6.15. The van der Waals surface area contributed by atoms with Crippen molar-refractivity contribution < 1.29 is 22.7 Å². The number of amides is 3. The first-order chi connectivity index (χ1) is 14.3. The van der Waals surface area contributed by atoms with Crippen LogP contribution in [0.1, 0.15) is 36.0 Å². The molecule has 1 aromatic carbocycles. The number of benzene rings is 1. The Kier molecular flexibility index (Phi) is 5.88. The summed E-state index contributed by atoms with van der Waals surface area (Å²) >= 11 is 0. The second kappa shape index (κ2) is 8.43. The summed E-state index contributed by atoms with van der Waals surface area (Å²) in [4.78, 5) is 26.8. The molecular formula is C20H28N4O5S. The van der Waals surface area contributed by atoms with Crippen LogP contribution in [0, 0.1) is 11.8 Å². The van der Waals surface area contributed by atoms with Crippen molar-refractivity contribution in [1.29, 1.82) is 0 Å². The monoisotopic (exact) mass is 436 g/mol. The number of nitrogens with one attached hydrogen (secondary N) is 3. The van der Waals surface area contributed by atoms with E-state index >= 15 is 0 Å². The summed E-state index contributed by atoms with van der Waals surface area (Å²) in [5.41, 5.74) is 0.831. The Morgan fingerprint density at radius 1 is 1.20 bits per heavy atom. The fourth-order valence-corrected chi connectivity index (χ4v) is 5.35. The lowest BCUT2D eigenvalue weighted by Crippen LogP contribution is -2.65. The van der Waals surface area contributed by atoms with Crippen molar-refractivity contribution in [1.82, 2.24) is 15.5 Å². The van der Waals surface area contributed by atoms with Crippen LogP contribution in [0.15, 0.2) is 24.3 Å². The van der Waals surface area contributed by atoms with Crippen LogP contribution in [0.25, 0.3) is 0 Å². The summed E-state index contributed by atoms with van der Waals surface area (Å²) in [5, 5.41) is 5.96. The quantitative estimate of drug-likeness (QED) is 0.659. The van der Waals surface area contributed by atoms with Crippen LogP contribution >= 0.6 is 0 Å². The van der Waals surface area contributed by atoms with E-state index in [9.17, 15) is 18.0 Å². The van der Waals surface area contributed by atoms with Crippen molar-refractivity contribution in [2.75, 3.05) is 30.7 Å². The summed E-state index contributed by atoms with van der Waals surface area (Å²) in [7, 11) is -3.40. The SMILES string of the molecule is CS(=O)(=O)Nc1cccc(C(=O)N2CCC([C@@H]3NC(=O)N[C@H]4OCCC[C@H]43)CC2)c1. The minimum Gasteiger partial charge on any atom is -0.358 e. The molecule has 3 heterocycles. The molecule has 3 atom stereocenters. The third-order valence-corrected chi connectivity index (χ3v) is 6.75. The lowest BCUT2D eigenvalue weighted by Gasteiger charge is -2.46. The second-order valence-corrected chi connectivity index (χ2v) is 10.1. The first kappa shape index (κ1) is 20.9. The molecule has 30 heavy (non-hydrogen) atoms. The molecule has 0 bridgehead atoms. The normalized spacial score (nSPS) is 27.6. The van der Waals surface area contributed by atoms with E-state index in [0.29, 0.717) is 36.9 Å². The maximum Gasteiger partial charge on any atom is 0.317 e. The van der Waals surface area contributed by atoms with Gasteiger partial charge in [0.05, 0.1) is 6.26 Å². The van der Waals surface area contributed by atoms with Gasteiger partial charge in [-0.15, -0.1) is 0 Å². The molecule has 3 amide bonds. The summed E-state index contributed by atoms with van der Waals surface area (Å²) in [6, 6.07) is 6.42. The van der Waals surface area contributed by atoms with E-state index < -0.39 is 10.0 Å². The molecule has 3 aliphatic heterocycles. The van der Waals surface area contributed by atoms with Gasteiger partial charge in [-0.1, -0.05) is 6.07 Å². The number of piperidine rings is 1. The fourth-order valence-electron chi connectivity index (χ4n) is 4.79. The largest absolute Gasteiger partial charge is 0.358 e. The fraction of sp³-hybridized carbons (Fsp3) is 0.600. The average molecular weight is 437 g/mol. The highest BCUT2D eigenvalue weighted by Gasteiger charge is 2.43. The predicted octanol–water partition coefficient (Wildman–Crippen LogP) is 1.34. The van der Waals surface area contributed by atoms with Crippen LogP contribution in [0.4, 0.5) is 10.5 Å². The Hall–Kier alpha value is -2.33. The van der Waals surface area contributed by atoms with Crippen LogP contribution in [0.5, 0.6) is 0 Å². The molecule has 3 fully saturated rings. The summed E-state index contributed by atoms with van der Waals surface area (Å²) in [6.45, 7) is 1.88. The van der Waals surface area contributed by atoms with E-state index in [1.165, 1.54) is 0 Å². The number of hydrogen-bond acceptors (Lipinski definition) is 5. The minimum absolute atomic E-state index is 0.0589. The van der Waals surface area contributed by atoms with Crippen molar-refractivity contribution in [2.45, 2.75) is 38.0 Å². The van der Waals surface area contributed by atoms with Crippen LogP contribution < -0.4 is 15.4 Å². The van der Waals surface area contributed by atoms with E-state index in [-0.39, 0.29) is 30.1 Å². The van der Waals surface area contributed by atoms with Gasteiger partial charge in [0.2, 0.25) is 10.0 Å². The van der Waals surface area contributed by atoms with Gasteiger partial charge in [0.25, 0.3) is 5.91 Å². The Morgan fingerprint density at radius 2 is 1.97 bits per heavy atom. The molecule has 0 saturated carbocycles. The van der Waals surface area contributed by atoms with Crippen molar-refractivity contribution in [2.24, 2.45) is 11.8 Å². The number of urea groups is 1. The molecule has 0 aromatic heterocycles. The number of nitrogens with zero attached hydrogens (tertiary/aromatic N) is 1. The highest BCUT2D eigenvalue weighted by Crippen LogP contribution is 2.33. The lowest BCUT2D eigenvalue weighted by molar-refractivity contribution is -0.0701. The number of anilines is 1. The number of sulfonamides is 1. The Bertz CT molecular complexity index is 914. The number of rotatable bonds is 4. The van der Waals surface area contributed by atoms with Gasteiger partial charge >= 0.3 is 6.03 Å².